The standard InChI is InChI=1S/C45H39NO/c1-3-11-45(40-17-10-19-44(32-40)47-2)37-22-20-35(21-23-37)36-24-27-41(28-25-36)46(43-29-26-34-14-7-8-15-38(34)31-43)42-18-9-16-39(30-42)33-12-5-4-6-13-33/h4-10,12-32,45H,3,11H2,1-2H3. The normalized spacial score (nSPS) is 11.7. The van der Waals surface area contributed by atoms with Gasteiger partial charge in [0, 0.05) is 23.0 Å². The molecular formula is C45H39NO. The number of fused-ring (bicyclic) bond motifs is 1. The van der Waals surface area contributed by atoms with Crippen molar-refractivity contribution in [1.82, 2.24) is 0 Å². The molecule has 0 aliphatic rings. The van der Waals surface area contributed by atoms with Crippen LogP contribution in [-0.4, -0.2) is 7.11 Å². The first-order valence-electron chi connectivity index (χ1n) is 16.5. The minimum atomic E-state index is 0.341. The van der Waals surface area contributed by atoms with Crippen molar-refractivity contribution in [3.8, 4) is 28.0 Å². The molecule has 1 unspecified atom stereocenters. The molecule has 7 aromatic carbocycles. The van der Waals surface area contributed by atoms with Gasteiger partial charge in [-0.1, -0.05) is 135 Å². The molecule has 2 heteroatoms. The highest BCUT2D eigenvalue weighted by molar-refractivity contribution is 5.90. The predicted molar refractivity (Wildman–Crippen MR) is 199 cm³/mol. The van der Waals surface area contributed by atoms with Crippen LogP contribution in [0, 0.1) is 0 Å². The van der Waals surface area contributed by atoms with Crippen molar-refractivity contribution in [1.29, 1.82) is 0 Å². The lowest BCUT2D eigenvalue weighted by Crippen LogP contribution is -2.10. The average molecular weight is 610 g/mol. The SMILES string of the molecule is CCCC(c1ccc(-c2ccc(N(c3cccc(-c4ccccc4)c3)c3ccc4ccccc4c3)cc2)cc1)c1cccc(OC)c1. The van der Waals surface area contributed by atoms with Crippen LogP contribution in [-0.2, 0) is 0 Å². The van der Waals surface area contributed by atoms with E-state index < -0.39 is 0 Å². The molecule has 47 heavy (non-hydrogen) atoms. The number of hydrogen-bond acceptors (Lipinski definition) is 2. The van der Waals surface area contributed by atoms with E-state index in [1.54, 1.807) is 7.11 Å². The van der Waals surface area contributed by atoms with Gasteiger partial charge in [-0.25, -0.2) is 0 Å². The lowest BCUT2D eigenvalue weighted by atomic mass is 9.87. The highest BCUT2D eigenvalue weighted by Crippen LogP contribution is 2.39. The summed E-state index contributed by atoms with van der Waals surface area (Å²) in [4.78, 5) is 2.36. The van der Waals surface area contributed by atoms with E-state index in [1.165, 1.54) is 44.2 Å². The maximum atomic E-state index is 5.52. The van der Waals surface area contributed by atoms with Crippen molar-refractivity contribution in [2.24, 2.45) is 0 Å². The van der Waals surface area contributed by atoms with Crippen LogP contribution in [0.25, 0.3) is 33.0 Å². The molecule has 0 saturated carbocycles. The topological polar surface area (TPSA) is 12.5 Å². The van der Waals surface area contributed by atoms with E-state index in [9.17, 15) is 0 Å². The first kappa shape index (κ1) is 30.1. The van der Waals surface area contributed by atoms with Gasteiger partial charge in [-0.2, -0.15) is 0 Å². The van der Waals surface area contributed by atoms with Crippen molar-refractivity contribution < 1.29 is 4.74 Å². The summed E-state index contributed by atoms with van der Waals surface area (Å²) in [5.41, 5.74) is 10.8. The third-order valence-electron chi connectivity index (χ3n) is 9.05. The zero-order valence-electron chi connectivity index (χ0n) is 27.0. The molecule has 0 amide bonds. The maximum absolute atomic E-state index is 5.52. The summed E-state index contributed by atoms with van der Waals surface area (Å²) in [6, 6.07) is 61.2. The summed E-state index contributed by atoms with van der Waals surface area (Å²) in [7, 11) is 1.73. The van der Waals surface area contributed by atoms with E-state index in [4.69, 9.17) is 4.74 Å². The monoisotopic (exact) mass is 609 g/mol. The maximum Gasteiger partial charge on any atom is 0.119 e. The number of hydrogen-bond donors (Lipinski definition) is 0. The molecule has 0 aliphatic heterocycles. The lowest BCUT2D eigenvalue weighted by molar-refractivity contribution is 0.414. The summed E-state index contributed by atoms with van der Waals surface area (Å²) in [5, 5.41) is 2.46. The van der Waals surface area contributed by atoms with Crippen LogP contribution in [0.1, 0.15) is 36.8 Å². The summed E-state index contributed by atoms with van der Waals surface area (Å²) >= 11 is 0. The van der Waals surface area contributed by atoms with Gasteiger partial charge in [-0.15, -0.1) is 0 Å². The molecule has 2 nitrogen and oxygen atoms in total. The fourth-order valence-electron chi connectivity index (χ4n) is 6.60. The number of anilines is 3. The summed E-state index contributed by atoms with van der Waals surface area (Å²) in [6.07, 6.45) is 2.21. The number of nitrogens with zero attached hydrogens (tertiary/aromatic N) is 1. The summed E-state index contributed by atoms with van der Waals surface area (Å²) < 4.78 is 5.52. The predicted octanol–water partition coefficient (Wildman–Crippen LogP) is 12.6. The van der Waals surface area contributed by atoms with Gasteiger partial charge in [0.25, 0.3) is 0 Å². The molecule has 0 radical (unpaired) electrons. The second-order valence-electron chi connectivity index (χ2n) is 12.1. The van der Waals surface area contributed by atoms with Gasteiger partial charge in [0.15, 0.2) is 0 Å². The zero-order chi connectivity index (χ0) is 32.0. The van der Waals surface area contributed by atoms with Crippen LogP contribution in [0.5, 0.6) is 5.75 Å². The third-order valence-corrected chi connectivity index (χ3v) is 9.05. The minimum absolute atomic E-state index is 0.341. The molecule has 0 saturated heterocycles. The van der Waals surface area contributed by atoms with Gasteiger partial charge >= 0.3 is 0 Å². The van der Waals surface area contributed by atoms with Crippen LogP contribution in [0.2, 0.25) is 0 Å². The van der Waals surface area contributed by atoms with Crippen LogP contribution in [0.4, 0.5) is 17.1 Å². The summed E-state index contributed by atoms with van der Waals surface area (Å²) in [6.45, 7) is 2.25. The number of methoxy groups -OCH3 is 1. The Hall–Kier alpha value is -5.60. The molecule has 0 bridgehead atoms. The molecule has 0 spiro atoms. The molecule has 230 valence electrons. The fraction of sp³-hybridized carbons (Fsp3) is 0.111. The van der Waals surface area contributed by atoms with E-state index in [0.717, 1.165) is 35.7 Å². The van der Waals surface area contributed by atoms with Gasteiger partial charge in [0.1, 0.15) is 5.75 Å². The van der Waals surface area contributed by atoms with Gasteiger partial charge in [0.05, 0.1) is 7.11 Å². The molecule has 0 aromatic heterocycles. The number of benzene rings is 7. The highest BCUT2D eigenvalue weighted by atomic mass is 16.5. The van der Waals surface area contributed by atoms with Crippen LogP contribution >= 0.6 is 0 Å². The second kappa shape index (κ2) is 13.8. The lowest BCUT2D eigenvalue weighted by Gasteiger charge is -2.26. The van der Waals surface area contributed by atoms with Crippen LogP contribution in [0.15, 0.2) is 170 Å². The molecule has 0 N–H and O–H groups in total. The van der Waals surface area contributed by atoms with Gasteiger partial charge < -0.3 is 9.64 Å². The van der Waals surface area contributed by atoms with Crippen molar-refractivity contribution in [2.45, 2.75) is 25.7 Å². The van der Waals surface area contributed by atoms with E-state index in [1.807, 2.05) is 6.07 Å². The molecule has 0 aliphatic carbocycles. The van der Waals surface area contributed by atoms with E-state index in [-0.39, 0.29) is 0 Å². The second-order valence-corrected chi connectivity index (χ2v) is 12.1. The quantitative estimate of drug-likeness (QED) is 0.153. The Bertz CT molecular complexity index is 2080. The number of ether oxygens (including phenoxy) is 1. The average Bonchev–Trinajstić information content (AvgIpc) is 3.15. The van der Waals surface area contributed by atoms with Gasteiger partial charge in [-0.05, 0) is 99.1 Å². The Labute approximate surface area is 278 Å². The molecule has 0 heterocycles. The van der Waals surface area contributed by atoms with Crippen molar-refractivity contribution in [3.63, 3.8) is 0 Å². The Morgan fingerprint density at radius 3 is 1.83 bits per heavy atom. The van der Waals surface area contributed by atoms with Gasteiger partial charge in [0.2, 0.25) is 0 Å². The molecule has 0 fully saturated rings. The van der Waals surface area contributed by atoms with Crippen molar-refractivity contribution in [3.05, 3.63) is 181 Å². The first-order chi connectivity index (χ1) is 23.2. The van der Waals surface area contributed by atoms with E-state index in [0.29, 0.717) is 5.92 Å². The summed E-state index contributed by atoms with van der Waals surface area (Å²) in [5.74, 6) is 1.25. The first-order valence-corrected chi connectivity index (χ1v) is 16.5. The molecule has 1 atom stereocenters. The van der Waals surface area contributed by atoms with E-state index in [2.05, 4.69) is 176 Å². The largest absolute Gasteiger partial charge is 0.497 e. The zero-order valence-corrected chi connectivity index (χ0v) is 27.0. The third kappa shape index (κ3) is 6.55. The molecule has 7 rings (SSSR count). The molecule has 7 aromatic rings. The number of rotatable bonds is 10. The highest BCUT2D eigenvalue weighted by Gasteiger charge is 2.16. The van der Waals surface area contributed by atoms with Crippen molar-refractivity contribution >= 4 is 27.8 Å². The van der Waals surface area contributed by atoms with Crippen molar-refractivity contribution in [2.75, 3.05) is 12.0 Å². The Morgan fingerprint density at radius 2 is 1.09 bits per heavy atom. The minimum Gasteiger partial charge on any atom is -0.497 e. The Balaban J connectivity index is 1.22. The van der Waals surface area contributed by atoms with E-state index >= 15 is 0 Å². The van der Waals surface area contributed by atoms with Crippen LogP contribution < -0.4 is 9.64 Å². The molecular weight excluding hydrogens is 571 g/mol. The Morgan fingerprint density at radius 1 is 0.468 bits per heavy atom. The smallest absolute Gasteiger partial charge is 0.119 e. The fourth-order valence-corrected chi connectivity index (χ4v) is 6.60. The van der Waals surface area contributed by atoms with Gasteiger partial charge in [-0.3, -0.25) is 0 Å². The Kier molecular flexibility index (Phi) is 8.83. The van der Waals surface area contributed by atoms with Crippen LogP contribution in [0.3, 0.4) is 0 Å².